The van der Waals surface area contributed by atoms with Gasteiger partial charge in [-0.3, -0.25) is 0 Å². The summed E-state index contributed by atoms with van der Waals surface area (Å²) in [5.41, 5.74) is -1.19. The van der Waals surface area contributed by atoms with Crippen LogP contribution in [-0.2, 0) is 0 Å². The van der Waals surface area contributed by atoms with E-state index in [1.165, 1.54) is 0 Å². The van der Waals surface area contributed by atoms with Crippen molar-refractivity contribution in [3.05, 3.63) is 0 Å². The van der Waals surface area contributed by atoms with Crippen LogP contribution in [0.4, 0.5) is 0 Å². The summed E-state index contributed by atoms with van der Waals surface area (Å²) in [4.78, 5) is 2.32. The summed E-state index contributed by atoms with van der Waals surface area (Å²) in [5.74, 6) is 0. The van der Waals surface area contributed by atoms with E-state index < -0.39 is 11.2 Å². The van der Waals surface area contributed by atoms with Crippen LogP contribution in [-0.4, -0.2) is 45.9 Å². The number of hydrogen-bond donors (Lipinski definition) is 2. The van der Waals surface area contributed by atoms with Crippen LogP contribution < -0.4 is 0 Å². The van der Waals surface area contributed by atoms with Gasteiger partial charge in [-0.25, -0.2) is 0 Å². The van der Waals surface area contributed by atoms with Gasteiger partial charge in [-0.1, -0.05) is 6.92 Å². The standard InChI is InChI=1S/C13H29NO2/c1-6-9-14(10-7-12(2,3)15)11-8-13(4,5)16/h15-16H,6-11H2,1-5H3. The highest BCUT2D eigenvalue weighted by atomic mass is 16.3. The fourth-order valence-corrected chi connectivity index (χ4v) is 1.52. The van der Waals surface area contributed by atoms with Crippen LogP contribution in [0.25, 0.3) is 0 Å². The quantitative estimate of drug-likeness (QED) is 0.672. The molecule has 3 heteroatoms. The van der Waals surface area contributed by atoms with Crippen LogP contribution >= 0.6 is 0 Å². The van der Waals surface area contributed by atoms with Gasteiger partial charge in [0, 0.05) is 13.1 Å². The molecule has 0 heterocycles. The summed E-state index contributed by atoms with van der Waals surface area (Å²) in [7, 11) is 0. The van der Waals surface area contributed by atoms with E-state index in [2.05, 4.69) is 11.8 Å². The van der Waals surface area contributed by atoms with Gasteiger partial charge in [0.1, 0.15) is 0 Å². The minimum atomic E-state index is -0.597. The van der Waals surface area contributed by atoms with Gasteiger partial charge in [0.15, 0.2) is 0 Å². The summed E-state index contributed by atoms with van der Waals surface area (Å²) in [5, 5.41) is 19.4. The predicted molar refractivity (Wildman–Crippen MR) is 68.6 cm³/mol. The lowest BCUT2D eigenvalue weighted by Gasteiger charge is -2.28. The molecule has 0 aliphatic heterocycles. The normalized spacial score (nSPS) is 13.5. The Balaban J connectivity index is 3.98. The van der Waals surface area contributed by atoms with E-state index in [4.69, 9.17) is 0 Å². The second kappa shape index (κ2) is 6.58. The molecule has 0 saturated heterocycles. The number of rotatable bonds is 8. The van der Waals surface area contributed by atoms with E-state index in [-0.39, 0.29) is 0 Å². The third-order valence-corrected chi connectivity index (χ3v) is 2.62. The van der Waals surface area contributed by atoms with Gasteiger partial charge >= 0.3 is 0 Å². The van der Waals surface area contributed by atoms with Crippen molar-refractivity contribution in [1.82, 2.24) is 4.90 Å². The molecule has 0 unspecified atom stereocenters. The highest BCUT2D eigenvalue weighted by molar-refractivity contribution is 4.72. The fourth-order valence-electron chi connectivity index (χ4n) is 1.52. The lowest BCUT2D eigenvalue weighted by Crippen LogP contribution is -2.35. The van der Waals surface area contributed by atoms with E-state index in [1.807, 2.05) is 27.7 Å². The molecule has 0 radical (unpaired) electrons. The maximum Gasteiger partial charge on any atom is 0.0603 e. The summed E-state index contributed by atoms with van der Waals surface area (Å²) in [6.07, 6.45) is 2.66. The molecule has 0 bridgehead atoms. The van der Waals surface area contributed by atoms with Crippen LogP contribution in [0, 0.1) is 0 Å². The van der Waals surface area contributed by atoms with Gasteiger partial charge in [0.05, 0.1) is 11.2 Å². The van der Waals surface area contributed by atoms with Gasteiger partial charge in [0.2, 0.25) is 0 Å². The molecule has 0 rings (SSSR count). The largest absolute Gasteiger partial charge is 0.390 e. The van der Waals surface area contributed by atoms with Gasteiger partial charge in [-0.15, -0.1) is 0 Å². The molecule has 0 fully saturated rings. The maximum absolute atomic E-state index is 9.69. The topological polar surface area (TPSA) is 43.7 Å². The first kappa shape index (κ1) is 15.9. The highest BCUT2D eigenvalue weighted by Gasteiger charge is 2.17. The summed E-state index contributed by atoms with van der Waals surface area (Å²) in [6.45, 7) is 12.3. The Morgan fingerprint density at radius 2 is 1.19 bits per heavy atom. The molecule has 98 valence electrons. The molecule has 0 spiro atoms. The Morgan fingerprint density at radius 3 is 1.44 bits per heavy atom. The first-order chi connectivity index (χ1) is 7.14. The SMILES string of the molecule is CCCN(CCC(C)(C)O)CCC(C)(C)O. The zero-order valence-electron chi connectivity index (χ0n) is 11.6. The first-order valence-corrected chi connectivity index (χ1v) is 6.31. The molecular weight excluding hydrogens is 202 g/mol. The lowest BCUT2D eigenvalue weighted by molar-refractivity contribution is 0.0412. The van der Waals surface area contributed by atoms with Crippen molar-refractivity contribution in [3.8, 4) is 0 Å². The molecule has 0 atom stereocenters. The van der Waals surface area contributed by atoms with Crippen molar-refractivity contribution in [2.45, 2.75) is 65.1 Å². The molecule has 2 N–H and O–H groups in total. The van der Waals surface area contributed by atoms with Crippen molar-refractivity contribution in [3.63, 3.8) is 0 Å². The monoisotopic (exact) mass is 231 g/mol. The summed E-state index contributed by atoms with van der Waals surface area (Å²) in [6, 6.07) is 0. The molecule has 0 aliphatic rings. The third kappa shape index (κ3) is 10.4. The molecule has 3 nitrogen and oxygen atoms in total. The molecule has 0 aromatic heterocycles. The first-order valence-electron chi connectivity index (χ1n) is 6.31. The van der Waals surface area contributed by atoms with Crippen LogP contribution in [0.15, 0.2) is 0 Å². The van der Waals surface area contributed by atoms with Gasteiger partial charge in [0.25, 0.3) is 0 Å². The highest BCUT2D eigenvalue weighted by Crippen LogP contribution is 2.12. The Labute approximate surface area is 100 Å². The van der Waals surface area contributed by atoms with Gasteiger partial charge in [-0.05, 0) is 53.5 Å². The van der Waals surface area contributed by atoms with E-state index in [0.29, 0.717) is 0 Å². The molecular formula is C13H29NO2. The average molecular weight is 231 g/mol. The Hall–Kier alpha value is -0.120. The molecule has 0 aromatic rings. The van der Waals surface area contributed by atoms with E-state index >= 15 is 0 Å². The Bertz CT molecular complexity index is 161. The van der Waals surface area contributed by atoms with Crippen LogP contribution in [0.2, 0.25) is 0 Å². The average Bonchev–Trinajstić information content (AvgIpc) is 2.07. The van der Waals surface area contributed by atoms with Crippen LogP contribution in [0.3, 0.4) is 0 Å². The molecule has 16 heavy (non-hydrogen) atoms. The van der Waals surface area contributed by atoms with Gasteiger partial charge < -0.3 is 15.1 Å². The zero-order chi connectivity index (χ0) is 12.8. The molecule has 0 aromatic carbocycles. The summed E-state index contributed by atoms with van der Waals surface area (Å²) >= 11 is 0. The van der Waals surface area contributed by atoms with Crippen molar-refractivity contribution < 1.29 is 10.2 Å². The van der Waals surface area contributed by atoms with Crippen molar-refractivity contribution in [1.29, 1.82) is 0 Å². The molecule has 0 aliphatic carbocycles. The second-order valence-corrected chi connectivity index (χ2v) is 5.97. The second-order valence-electron chi connectivity index (χ2n) is 5.97. The van der Waals surface area contributed by atoms with E-state index in [1.54, 1.807) is 0 Å². The number of aliphatic hydroxyl groups is 2. The summed E-state index contributed by atoms with van der Waals surface area (Å²) < 4.78 is 0. The third-order valence-electron chi connectivity index (χ3n) is 2.62. The minimum absolute atomic E-state index is 0.597. The van der Waals surface area contributed by atoms with Crippen molar-refractivity contribution in [2.75, 3.05) is 19.6 Å². The smallest absolute Gasteiger partial charge is 0.0603 e. The Kier molecular flexibility index (Phi) is 6.53. The minimum Gasteiger partial charge on any atom is -0.390 e. The lowest BCUT2D eigenvalue weighted by atomic mass is 10.0. The van der Waals surface area contributed by atoms with Crippen molar-refractivity contribution >= 4 is 0 Å². The fraction of sp³-hybridized carbons (Fsp3) is 1.00. The number of hydrogen-bond acceptors (Lipinski definition) is 3. The van der Waals surface area contributed by atoms with E-state index in [9.17, 15) is 10.2 Å². The van der Waals surface area contributed by atoms with Crippen molar-refractivity contribution in [2.24, 2.45) is 0 Å². The predicted octanol–water partition coefficient (Wildman–Crippen LogP) is 2.02. The molecule has 0 amide bonds. The maximum atomic E-state index is 9.69. The van der Waals surface area contributed by atoms with Crippen LogP contribution in [0.1, 0.15) is 53.9 Å². The zero-order valence-corrected chi connectivity index (χ0v) is 11.6. The molecule has 0 saturated carbocycles. The number of nitrogens with zero attached hydrogens (tertiary/aromatic N) is 1. The van der Waals surface area contributed by atoms with Gasteiger partial charge in [-0.2, -0.15) is 0 Å². The van der Waals surface area contributed by atoms with E-state index in [0.717, 1.165) is 38.9 Å². The Morgan fingerprint density at radius 1 is 0.812 bits per heavy atom. The van der Waals surface area contributed by atoms with Crippen LogP contribution in [0.5, 0.6) is 0 Å².